The molecule has 1 unspecified atom stereocenters. The Kier molecular flexibility index (Phi) is 4.16. The van der Waals surface area contributed by atoms with Crippen LogP contribution in [0.4, 0.5) is 0 Å². The molecule has 1 saturated heterocycles. The van der Waals surface area contributed by atoms with Crippen molar-refractivity contribution in [2.45, 2.75) is 6.04 Å². The van der Waals surface area contributed by atoms with Gasteiger partial charge in [0.1, 0.15) is 6.04 Å². The van der Waals surface area contributed by atoms with Gasteiger partial charge in [-0.3, -0.25) is 4.90 Å². The predicted molar refractivity (Wildman–Crippen MR) is 71.6 cm³/mol. The first-order valence-electron chi connectivity index (χ1n) is 5.78. The third kappa shape index (κ3) is 3.06. The Morgan fingerprint density at radius 3 is 2.29 bits per heavy atom. The molecule has 17 heavy (non-hydrogen) atoms. The maximum atomic E-state index is 9.35. The minimum Gasteiger partial charge on any atom is -0.304 e. The zero-order chi connectivity index (χ0) is 12.3. The summed E-state index contributed by atoms with van der Waals surface area (Å²) in [6, 6.07) is 10.3. The van der Waals surface area contributed by atoms with Crippen LogP contribution in [-0.2, 0) is 0 Å². The van der Waals surface area contributed by atoms with E-state index in [1.54, 1.807) is 0 Å². The molecule has 0 N–H and O–H groups in total. The summed E-state index contributed by atoms with van der Waals surface area (Å²) in [5.74, 6) is 0. The van der Waals surface area contributed by atoms with Crippen molar-refractivity contribution >= 4 is 15.9 Å². The first-order valence-corrected chi connectivity index (χ1v) is 6.57. The summed E-state index contributed by atoms with van der Waals surface area (Å²) in [4.78, 5) is 4.55. The molecule has 1 fully saturated rings. The van der Waals surface area contributed by atoms with Crippen molar-refractivity contribution in [1.82, 2.24) is 9.80 Å². The van der Waals surface area contributed by atoms with Crippen LogP contribution in [0.3, 0.4) is 0 Å². The molecule has 1 aliphatic heterocycles. The van der Waals surface area contributed by atoms with Gasteiger partial charge in [0.2, 0.25) is 0 Å². The highest BCUT2D eigenvalue weighted by Gasteiger charge is 2.23. The zero-order valence-electron chi connectivity index (χ0n) is 9.93. The highest BCUT2D eigenvalue weighted by Crippen LogP contribution is 2.22. The molecule has 3 nitrogen and oxygen atoms in total. The molecule has 90 valence electrons. The first kappa shape index (κ1) is 12.6. The highest BCUT2D eigenvalue weighted by atomic mass is 79.9. The molecule has 1 aromatic rings. The number of nitrogens with zero attached hydrogens (tertiary/aromatic N) is 3. The monoisotopic (exact) mass is 293 g/mol. The molecular formula is C13H16BrN3. The van der Waals surface area contributed by atoms with Crippen LogP contribution in [0, 0.1) is 11.3 Å². The number of halogens is 1. The number of hydrogen-bond donors (Lipinski definition) is 0. The summed E-state index contributed by atoms with van der Waals surface area (Å²) in [6.07, 6.45) is 0. The molecule has 1 atom stereocenters. The Balaban J connectivity index is 2.11. The van der Waals surface area contributed by atoms with Crippen molar-refractivity contribution in [3.8, 4) is 6.07 Å². The van der Waals surface area contributed by atoms with E-state index < -0.39 is 0 Å². The summed E-state index contributed by atoms with van der Waals surface area (Å²) in [7, 11) is 2.12. The lowest BCUT2D eigenvalue weighted by Crippen LogP contribution is -2.45. The fraction of sp³-hybridized carbons (Fsp3) is 0.462. The lowest BCUT2D eigenvalue weighted by Gasteiger charge is -2.35. The Labute approximate surface area is 111 Å². The fourth-order valence-corrected chi connectivity index (χ4v) is 2.36. The minimum atomic E-state index is -0.114. The van der Waals surface area contributed by atoms with Crippen molar-refractivity contribution < 1.29 is 0 Å². The van der Waals surface area contributed by atoms with E-state index >= 15 is 0 Å². The number of piperazine rings is 1. The quantitative estimate of drug-likeness (QED) is 0.838. The molecule has 0 aromatic heterocycles. The standard InChI is InChI=1S/C13H16BrN3/c1-16-6-8-17(9-7-16)13(10-15)11-2-4-12(14)5-3-11/h2-5,13H,6-9H2,1H3. The van der Waals surface area contributed by atoms with E-state index in [-0.39, 0.29) is 6.04 Å². The summed E-state index contributed by atoms with van der Waals surface area (Å²) in [6.45, 7) is 4.00. The number of benzene rings is 1. The van der Waals surface area contributed by atoms with Crippen molar-refractivity contribution in [2.24, 2.45) is 0 Å². The topological polar surface area (TPSA) is 30.3 Å². The molecule has 0 spiro atoms. The second-order valence-electron chi connectivity index (χ2n) is 4.42. The van der Waals surface area contributed by atoms with Gasteiger partial charge in [-0.15, -0.1) is 0 Å². The van der Waals surface area contributed by atoms with E-state index in [2.05, 4.69) is 38.8 Å². The van der Waals surface area contributed by atoms with Crippen molar-refractivity contribution in [1.29, 1.82) is 5.26 Å². The molecule has 0 saturated carbocycles. The van der Waals surface area contributed by atoms with Gasteiger partial charge in [0.05, 0.1) is 6.07 Å². The number of rotatable bonds is 2. The van der Waals surface area contributed by atoms with Gasteiger partial charge >= 0.3 is 0 Å². The maximum Gasteiger partial charge on any atom is 0.123 e. The van der Waals surface area contributed by atoms with Gasteiger partial charge in [-0.1, -0.05) is 28.1 Å². The lowest BCUT2D eigenvalue weighted by molar-refractivity contribution is 0.133. The van der Waals surface area contributed by atoms with Crippen LogP contribution in [0.2, 0.25) is 0 Å². The fourth-order valence-electron chi connectivity index (χ4n) is 2.09. The predicted octanol–water partition coefficient (Wildman–Crippen LogP) is 2.26. The van der Waals surface area contributed by atoms with Crippen LogP contribution in [0.25, 0.3) is 0 Å². The average molecular weight is 294 g/mol. The van der Waals surface area contributed by atoms with Crippen molar-refractivity contribution in [3.63, 3.8) is 0 Å². The maximum absolute atomic E-state index is 9.35. The van der Waals surface area contributed by atoms with E-state index in [4.69, 9.17) is 0 Å². The molecule has 2 rings (SSSR count). The molecule has 1 aliphatic rings. The molecule has 1 heterocycles. The van der Waals surface area contributed by atoms with Crippen molar-refractivity contribution in [2.75, 3.05) is 33.2 Å². The molecule has 0 radical (unpaired) electrons. The smallest absolute Gasteiger partial charge is 0.123 e. The SMILES string of the molecule is CN1CCN(C(C#N)c2ccc(Br)cc2)CC1. The second kappa shape index (κ2) is 5.63. The largest absolute Gasteiger partial charge is 0.304 e. The molecule has 1 aromatic carbocycles. The third-order valence-electron chi connectivity index (χ3n) is 3.21. The molecule has 0 amide bonds. The Morgan fingerprint density at radius 2 is 1.76 bits per heavy atom. The van der Waals surface area contributed by atoms with Gasteiger partial charge in [-0.05, 0) is 24.7 Å². The minimum absolute atomic E-state index is 0.114. The third-order valence-corrected chi connectivity index (χ3v) is 3.74. The van der Waals surface area contributed by atoms with Gasteiger partial charge in [0.15, 0.2) is 0 Å². The van der Waals surface area contributed by atoms with Crippen LogP contribution >= 0.6 is 15.9 Å². The summed E-state index contributed by atoms with van der Waals surface area (Å²) in [5.41, 5.74) is 1.08. The van der Waals surface area contributed by atoms with Gasteiger partial charge in [-0.2, -0.15) is 5.26 Å². The van der Waals surface area contributed by atoms with E-state index in [1.165, 1.54) is 0 Å². The molecule has 0 aliphatic carbocycles. The zero-order valence-corrected chi connectivity index (χ0v) is 11.5. The Morgan fingerprint density at radius 1 is 1.18 bits per heavy atom. The highest BCUT2D eigenvalue weighted by molar-refractivity contribution is 9.10. The van der Waals surface area contributed by atoms with E-state index in [0.29, 0.717) is 0 Å². The van der Waals surface area contributed by atoms with Gasteiger partial charge in [-0.25, -0.2) is 0 Å². The molecule has 4 heteroatoms. The lowest BCUT2D eigenvalue weighted by atomic mass is 10.1. The van der Waals surface area contributed by atoms with Crippen LogP contribution < -0.4 is 0 Å². The van der Waals surface area contributed by atoms with Crippen molar-refractivity contribution in [3.05, 3.63) is 34.3 Å². The second-order valence-corrected chi connectivity index (χ2v) is 5.34. The number of nitriles is 1. The summed E-state index contributed by atoms with van der Waals surface area (Å²) >= 11 is 3.42. The Bertz CT molecular complexity index is 402. The molecule has 0 bridgehead atoms. The van der Waals surface area contributed by atoms with Gasteiger partial charge in [0.25, 0.3) is 0 Å². The van der Waals surface area contributed by atoms with Gasteiger partial charge < -0.3 is 4.90 Å². The normalized spacial score (nSPS) is 19.8. The van der Waals surface area contributed by atoms with Crippen LogP contribution in [0.1, 0.15) is 11.6 Å². The van der Waals surface area contributed by atoms with E-state index in [1.807, 2.05) is 24.3 Å². The average Bonchev–Trinajstić information content (AvgIpc) is 2.35. The van der Waals surface area contributed by atoms with E-state index in [9.17, 15) is 5.26 Å². The van der Waals surface area contributed by atoms with Crippen LogP contribution in [0.15, 0.2) is 28.7 Å². The number of hydrogen-bond acceptors (Lipinski definition) is 3. The van der Waals surface area contributed by atoms with E-state index in [0.717, 1.165) is 36.2 Å². The van der Waals surface area contributed by atoms with Crippen LogP contribution in [0.5, 0.6) is 0 Å². The summed E-state index contributed by atoms with van der Waals surface area (Å²) < 4.78 is 1.05. The number of likely N-dealkylation sites (N-methyl/N-ethyl adjacent to an activating group) is 1. The van der Waals surface area contributed by atoms with Crippen LogP contribution in [-0.4, -0.2) is 43.0 Å². The Hall–Kier alpha value is -0.890. The summed E-state index contributed by atoms with van der Waals surface area (Å²) in [5, 5.41) is 9.35. The van der Waals surface area contributed by atoms with Gasteiger partial charge in [0, 0.05) is 30.7 Å². The molecular weight excluding hydrogens is 278 g/mol. The first-order chi connectivity index (χ1) is 8.20.